The SMILES string of the molecule is O=C(CSc1nnc2nc[nH]n12)Nc1cnccn1. The third-order valence-corrected chi connectivity index (χ3v) is 3.08. The van der Waals surface area contributed by atoms with Crippen molar-refractivity contribution < 1.29 is 4.79 Å². The highest BCUT2D eigenvalue weighted by atomic mass is 32.2. The van der Waals surface area contributed by atoms with Gasteiger partial charge in [0.2, 0.25) is 11.1 Å². The van der Waals surface area contributed by atoms with E-state index in [2.05, 4.69) is 35.6 Å². The lowest BCUT2D eigenvalue weighted by molar-refractivity contribution is -0.113. The van der Waals surface area contributed by atoms with Crippen LogP contribution in [-0.4, -0.2) is 46.4 Å². The molecule has 3 aromatic rings. The van der Waals surface area contributed by atoms with Crippen LogP contribution in [0.15, 0.2) is 30.1 Å². The van der Waals surface area contributed by atoms with E-state index in [0.29, 0.717) is 16.8 Å². The van der Waals surface area contributed by atoms with Crippen LogP contribution in [0.25, 0.3) is 5.78 Å². The van der Waals surface area contributed by atoms with Gasteiger partial charge in [-0.05, 0) is 0 Å². The Balaban J connectivity index is 1.60. The summed E-state index contributed by atoms with van der Waals surface area (Å²) in [5, 5.41) is 13.8. The van der Waals surface area contributed by atoms with E-state index >= 15 is 0 Å². The molecule has 0 saturated heterocycles. The summed E-state index contributed by atoms with van der Waals surface area (Å²) in [5.41, 5.74) is 0. The number of carbonyl (C=O) groups excluding carboxylic acids is 1. The molecule has 19 heavy (non-hydrogen) atoms. The Morgan fingerprint density at radius 2 is 2.32 bits per heavy atom. The highest BCUT2D eigenvalue weighted by molar-refractivity contribution is 7.99. The molecule has 2 N–H and O–H groups in total. The molecule has 3 rings (SSSR count). The van der Waals surface area contributed by atoms with Gasteiger partial charge in [-0.1, -0.05) is 11.8 Å². The molecule has 3 heterocycles. The van der Waals surface area contributed by atoms with Crippen LogP contribution >= 0.6 is 11.8 Å². The molecule has 0 aliphatic rings. The number of thioether (sulfide) groups is 1. The molecular weight excluding hydrogens is 268 g/mol. The van der Waals surface area contributed by atoms with E-state index in [1.54, 1.807) is 4.52 Å². The molecule has 0 aliphatic heterocycles. The number of amides is 1. The van der Waals surface area contributed by atoms with Crippen LogP contribution in [-0.2, 0) is 4.79 Å². The van der Waals surface area contributed by atoms with Gasteiger partial charge in [-0.15, -0.1) is 10.2 Å². The van der Waals surface area contributed by atoms with Crippen LogP contribution in [0.4, 0.5) is 5.82 Å². The second-order valence-corrected chi connectivity index (χ2v) is 4.38. The van der Waals surface area contributed by atoms with Gasteiger partial charge in [-0.3, -0.25) is 14.9 Å². The molecule has 3 aromatic heterocycles. The first-order valence-electron chi connectivity index (χ1n) is 5.26. The summed E-state index contributed by atoms with van der Waals surface area (Å²) in [6, 6.07) is 0. The van der Waals surface area contributed by atoms with E-state index in [0.717, 1.165) is 0 Å². The number of fused-ring (bicyclic) bond motifs is 1. The second kappa shape index (κ2) is 5.02. The number of nitrogens with one attached hydrogen (secondary N) is 2. The minimum Gasteiger partial charge on any atom is -0.309 e. The van der Waals surface area contributed by atoms with Crippen molar-refractivity contribution in [2.24, 2.45) is 0 Å². The largest absolute Gasteiger partial charge is 0.309 e. The molecule has 0 spiro atoms. The zero-order chi connectivity index (χ0) is 13.1. The number of hydrogen-bond acceptors (Lipinski definition) is 7. The standard InChI is InChI=1S/C9H8N8OS/c18-7(14-6-3-10-1-2-11-6)4-19-9-16-15-8-12-5-13-17(8)9/h1-3,5H,4H2,(H,11,14,18)(H,12,13,15). The van der Waals surface area contributed by atoms with Crippen molar-refractivity contribution in [1.82, 2.24) is 34.8 Å². The molecular formula is C9H8N8OS. The fourth-order valence-corrected chi connectivity index (χ4v) is 2.06. The summed E-state index contributed by atoms with van der Waals surface area (Å²) in [6.07, 6.45) is 6.03. The fourth-order valence-electron chi connectivity index (χ4n) is 1.37. The lowest BCUT2D eigenvalue weighted by atomic mass is 10.6. The van der Waals surface area contributed by atoms with Crippen molar-refractivity contribution in [2.45, 2.75) is 5.16 Å². The molecule has 0 saturated carbocycles. The van der Waals surface area contributed by atoms with Crippen LogP contribution in [0.2, 0.25) is 0 Å². The molecule has 0 aliphatic carbocycles. The monoisotopic (exact) mass is 276 g/mol. The van der Waals surface area contributed by atoms with Gasteiger partial charge in [-0.25, -0.2) is 4.98 Å². The summed E-state index contributed by atoms with van der Waals surface area (Å²) in [4.78, 5) is 23.4. The van der Waals surface area contributed by atoms with E-state index in [4.69, 9.17) is 0 Å². The molecule has 10 heteroatoms. The Hall–Kier alpha value is -2.49. The molecule has 9 nitrogen and oxygen atoms in total. The Morgan fingerprint density at radius 1 is 1.37 bits per heavy atom. The minimum absolute atomic E-state index is 0.191. The molecule has 0 unspecified atom stereocenters. The zero-order valence-corrected chi connectivity index (χ0v) is 10.3. The molecule has 0 radical (unpaired) electrons. The van der Waals surface area contributed by atoms with Gasteiger partial charge in [0, 0.05) is 12.4 Å². The molecule has 1 amide bonds. The van der Waals surface area contributed by atoms with Crippen LogP contribution in [0.3, 0.4) is 0 Å². The topological polar surface area (TPSA) is 114 Å². The average Bonchev–Trinajstić information content (AvgIpc) is 3.01. The van der Waals surface area contributed by atoms with Gasteiger partial charge in [0.05, 0.1) is 11.9 Å². The highest BCUT2D eigenvalue weighted by Gasteiger charge is 2.10. The summed E-state index contributed by atoms with van der Waals surface area (Å²) < 4.78 is 1.60. The van der Waals surface area contributed by atoms with E-state index in [9.17, 15) is 4.79 Å². The quantitative estimate of drug-likeness (QED) is 0.643. The molecule has 96 valence electrons. The Morgan fingerprint density at radius 3 is 3.16 bits per heavy atom. The number of carbonyl (C=O) groups is 1. The van der Waals surface area contributed by atoms with Gasteiger partial charge >= 0.3 is 0 Å². The number of hydrogen-bond donors (Lipinski definition) is 2. The van der Waals surface area contributed by atoms with Crippen molar-refractivity contribution in [3.05, 3.63) is 24.9 Å². The van der Waals surface area contributed by atoms with E-state index < -0.39 is 0 Å². The second-order valence-electron chi connectivity index (χ2n) is 3.43. The van der Waals surface area contributed by atoms with Crippen molar-refractivity contribution >= 4 is 29.3 Å². The van der Waals surface area contributed by atoms with E-state index in [-0.39, 0.29) is 11.7 Å². The van der Waals surface area contributed by atoms with Gasteiger partial charge < -0.3 is 5.32 Å². The summed E-state index contributed by atoms with van der Waals surface area (Å²) >= 11 is 1.25. The van der Waals surface area contributed by atoms with E-state index in [1.807, 2.05) is 0 Å². The average molecular weight is 276 g/mol. The van der Waals surface area contributed by atoms with Crippen LogP contribution < -0.4 is 5.32 Å². The highest BCUT2D eigenvalue weighted by Crippen LogP contribution is 2.14. The predicted molar refractivity (Wildman–Crippen MR) is 66.5 cm³/mol. The summed E-state index contributed by atoms with van der Waals surface area (Å²) in [7, 11) is 0. The van der Waals surface area contributed by atoms with Crippen molar-refractivity contribution in [3.8, 4) is 0 Å². The van der Waals surface area contributed by atoms with Crippen molar-refractivity contribution in [2.75, 3.05) is 11.1 Å². The fraction of sp³-hybridized carbons (Fsp3) is 0.111. The lowest BCUT2D eigenvalue weighted by Gasteiger charge is -2.01. The number of aromatic nitrogens is 7. The van der Waals surface area contributed by atoms with Crippen LogP contribution in [0.1, 0.15) is 0 Å². The van der Waals surface area contributed by atoms with Gasteiger partial charge in [0.15, 0.2) is 5.82 Å². The maximum Gasteiger partial charge on any atom is 0.272 e. The predicted octanol–water partition coefficient (Wildman–Crippen LogP) is -0.0268. The zero-order valence-electron chi connectivity index (χ0n) is 9.52. The smallest absolute Gasteiger partial charge is 0.272 e. The maximum absolute atomic E-state index is 11.7. The van der Waals surface area contributed by atoms with Gasteiger partial charge in [0.1, 0.15) is 6.33 Å². The molecule has 0 bridgehead atoms. The van der Waals surface area contributed by atoms with Crippen molar-refractivity contribution in [3.63, 3.8) is 0 Å². The number of H-pyrrole nitrogens is 1. The van der Waals surface area contributed by atoms with Crippen LogP contribution in [0.5, 0.6) is 0 Å². The third kappa shape index (κ3) is 2.52. The number of rotatable bonds is 4. The lowest BCUT2D eigenvalue weighted by Crippen LogP contribution is -2.15. The first-order valence-corrected chi connectivity index (χ1v) is 6.24. The first kappa shape index (κ1) is 11.6. The molecule has 0 aromatic carbocycles. The Labute approximate surface area is 110 Å². The minimum atomic E-state index is -0.193. The Bertz CT molecular complexity index is 692. The van der Waals surface area contributed by atoms with Crippen molar-refractivity contribution in [1.29, 1.82) is 0 Å². The number of anilines is 1. The summed E-state index contributed by atoms with van der Waals surface area (Å²) in [6.45, 7) is 0. The number of aromatic amines is 1. The van der Waals surface area contributed by atoms with Crippen LogP contribution in [0, 0.1) is 0 Å². The van der Waals surface area contributed by atoms with Gasteiger partial charge in [0.25, 0.3) is 5.78 Å². The normalized spacial score (nSPS) is 10.7. The maximum atomic E-state index is 11.7. The van der Waals surface area contributed by atoms with E-state index in [1.165, 1.54) is 36.7 Å². The molecule has 0 fully saturated rings. The summed E-state index contributed by atoms with van der Waals surface area (Å²) in [5.74, 6) is 0.885. The number of nitrogens with zero attached hydrogens (tertiary/aromatic N) is 6. The molecule has 0 atom stereocenters. The first-order chi connectivity index (χ1) is 9.33. The third-order valence-electron chi connectivity index (χ3n) is 2.15. The van der Waals surface area contributed by atoms with Gasteiger partial charge in [-0.2, -0.15) is 9.50 Å². The Kier molecular flexibility index (Phi) is 3.06.